The first-order valence-corrected chi connectivity index (χ1v) is 7.93. The van der Waals surface area contributed by atoms with Crippen LogP contribution in [0.5, 0.6) is 0 Å². The van der Waals surface area contributed by atoms with Crippen molar-refractivity contribution in [2.24, 2.45) is 0 Å². The van der Waals surface area contributed by atoms with Gasteiger partial charge in [0.2, 0.25) is 0 Å². The predicted octanol–water partition coefficient (Wildman–Crippen LogP) is 2.54. The molecule has 1 aliphatic heterocycles. The summed E-state index contributed by atoms with van der Waals surface area (Å²) < 4.78 is 6.81. The molecule has 1 saturated heterocycles. The number of benzene rings is 1. The van der Waals surface area contributed by atoms with Crippen LogP contribution in [0.2, 0.25) is 0 Å². The van der Waals surface area contributed by atoms with Crippen molar-refractivity contribution in [1.82, 2.24) is 25.1 Å². The summed E-state index contributed by atoms with van der Waals surface area (Å²) >= 11 is 0. The number of aryl methyl sites for hydroxylation is 1. The van der Waals surface area contributed by atoms with E-state index in [2.05, 4.69) is 15.5 Å². The summed E-state index contributed by atoms with van der Waals surface area (Å²) in [6, 6.07) is 9.29. The zero-order valence-electron chi connectivity index (χ0n) is 13.3. The molecule has 1 fully saturated rings. The second-order valence-corrected chi connectivity index (χ2v) is 5.92. The molecule has 7 nitrogen and oxygen atoms in total. The Morgan fingerprint density at radius 1 is 1.33 bits per heavy atom. The molecule has 4 rings (SSSR count). The first-order valence-electron chi connectivity index (χ1n) is 7.93. The number of hydrogen-bond donors (Lipinski definition) is 0. The SMILES string of the molecule is Cc1cc(C2CCCN2C(=O)c2cccc(-n3ccnn3)c2)no1. The largest absolute Gasteiger partial charge is 0.361 e. The second kappa shape index (κ2) is 5.92. The van der Waals surface area contributed by atoms with Gasteiger partial charge in [0.15, 0.2) is 0 Å². The van der Waals surface area contributed by atoms with Crippen molar-refractivity contribution < 1.29 is 9.32 Å². The number of rotatable bonds is 3. The van der Waals surface area contributed by atoms with Crippen molar-refractivity contribution in [2.45, 2.75) is 25.8 Å². The minimum absolute atomic E-state index is 0.000110. The van der Waals surface area contributed by atoms with Gasteiger partial charge in [0, 0.05) is 18.2 Å². The first-order chi connectivity index (χ1) is 11.7. The molecule has 0 spiro atoms. The van der Waals surface area contributed by atoms with E-state index in [0.717, 1.165) is 36.5 Å². The third-order valence-electron chi connectivity index (χ3n) is 4.28. The van der Waals surface area contributed by atoms with E-state index in [-0.39, 0.29) is 11.9 Å². The van der Waals surface area contributed by atoms with Gasteiger partial charge in [-0.05, 0) is 38.0 Å². The molecule has 1 aliphatic rings. The molecule has 0 N–H and O–H groups in total. The standard InChI is InChI=1S/C17H17N5O2/c1-12-10-15(19-24-12)16-6-3-8-21(16)17(23)13-4-2-5-14(11-13)22-9-7-18-20-22/h2,4-5,7,9-11,16H,3,6,8H2,1H3. The molecule has 1 atom stereocenters. The normalized spacial score (nSPS) is 17.4. The Hall–Kier alpha value is -2.96. The summed E-state index contributed by atoms with van der Waals surface area (Å²) in [5, 5.41) is 11.9. The number of nitrogens with zero attached hydrogens (tertiary/aromatic N) is 5. The highest BCUT2D eigenvalue weighted by molar-refractivity contribution is 5.95. The third kappa shape index (κ3) is 2.58. The maximum Gasteiger partial charge on any atom is 0.254 e. The molecule has 3 heterocycles. The van der Waals surface area contributed by atoms with Gasteiger partial charge in [-0.15, -0.1) is 5.10 Å². The highest BCUT2D eigenvalue weighted by atomic mass is 16.5. The van der Waals surface area contributed by atoms with Crippen LogP contribution in [0, 0.1) is 6.92 Å². The van der Waals surface area contributed by atoms with Crippen molar-refractivity contribution in [3.8, 4) is 5.69 Å². The van der Waals surface area contributed by atoms with Gasteiger partial charge in [0.1, 0.15) is 11.5 Å². The molecule has 24 heavy (non-hydrogen) atoms. The fraction of sp³-hybridized carbons (Fsp3) is 0.294. The summed E-state index contributed by atoms with van der Waals surface area (Å²) in [5.74, 6) is 0.762. The molecule has 2 aromatic heterocycles. The van der Waals surface area contributed by atoms with Crippen molar-refractivity contribution in [3.05, 3.63) is 59.7 Å². The number of carbonyl (C=O) groups excluding carboxylic acids is 1. The quantitative estimate of drug-likeness (QED) is 0.740. The van der Waals surface area contributed by atoms with Crippen molar-refractivity contribution in [2.75, 3.05) is 6.54 Å². The number of amides is 1. The van der Waals surface area contributed by atoms with Crippen LogP contribution in [0.1, 0.15) is 40.7 Å². The molecule has 3 aromatic rings. The minimum atomic E-state index is -0.0232. The molecule has 7 heteroatoms. The summed E-state index contributed by atoms with van der Waals surface area (Å²) in [4.78, 5) is 14.9. The number of hydrogen-bond acceptors (Lipinski definition) is 5. The monoisotopic (exact) mass is 323 g/mol. The van der Waals surface area contributed by atoms with E-state index in [1.165, 1.54) is 0 Å². The minimum Gasteiger partial charge on any atom is -0.361 e. The van der Waals surface area contributed by atoms with E-state index in [1.54, 1.807) is 17.1 Å². The van der Waals surface area contributed by atoms with Crippen LogP contribution in [0.15, 0.2) is 47.2 Å². The fourth-order valence-corrected chi connectivity index (χ4v) is 3.15. The molecule has 0 radical (unpaired) electrons. The van der Waals surface area contributed by atoms with Gasteiger partial charge in [0.25, 0.3) is 5.91 Å². The van der Waals surface area contributed by atoms with Gasteiger partial charge in [0.05, 0.1) is 24.1 Å². The molecule has 0 saturated carbocycles. The van der Waals surface area contributed by atoms with E-state index in [0.29, 0.717) is 5.56 Å². The Morgan fingerprint density at radius 2 is 2.25 bits per heavy atom. The summed E-state index contributed by atoms with van der Waals surface area (Å²) in [5.41, 5.74) is 2.27. The average molecular weight is 323 g/mol. The zero-order valence-corrected chi connectivity index (χ0v) is 13.3. The lowest BCUT2D eigenvalue weighted by Crippen LogP contribution is -2.30. The Morgan fingerprint density at radius 3 is 3.00 bits per heavy atom. The van der Waals surface area contributed by atoms with Gasteiger partial charge < -0.3 is 9.42 Å². The second-order valence-electron chi connectivity index (χ2n) is 5.92. The molecule has 1 amide bonds. The molecule has 1 unspecified atom stereocenters. The summed E-state index contributed by atoms with van der Waals surface area (Å²) in [6.45, 7) is 2.59. The highest BCUT2D eigenvalue weighted by Gasteiger charge is 2.32. The topological polar surface area (TPSA) is 77.1 Å². The number of aromatic nitrogens is 4. The van der Waals surface area contributed by atoms with Crippen molar-refractivity contribution in [3.63, 3.8) is 0 Å². The average Bonchev–Trinajstić information content (AvgIpc) is 3.35. The number of carbonyl (C=O) groups is 1. The predicted molar refractivity (Wildman–Crippen MR) is 85.6 cm³/mol. The molecular weight excluding hydrogens is 306 g/mol. The highest BCUT2D eigenvalue weighted by Crippen LogP contribution is 2.32. The maximum absolute atomic E-state index is 13.0. The Kier molecular flexibility index (Phi) is 3.60. The fourth-order valence-electron chi connectivity index (χ4n) is 3.15. The van der Waals surface area contributed by atoms with E-state index in [4.69, 9.17) is 4.52 Å². The van der Waals surface area contributed by atoms with Crippen LogP contribution >= 0.6 is 0 Å². The van der Waals surface area contributed by atoms with E-state index in [9.17, 15) is 4.79 Å². The van der Waals surface area contributed by atoms with Crippen LogP contribution in [0.4, 0.5) is 0 Å². The smallest absolute Gasteiger partial charge is 0.254 e. The molecule has 0 aliphatic carbocycles. The lowest BCUT2D eigenvalue weighted by Gasteiger charge is -2.23. The Labute approximate surface area is 138 Å². The Bertz CT molecular complexity index is 856. The van der Waals surface area contributed by atoms with Gasteiger partial charge >= 0.3 is 0 Å². The molecule has 122 valence electrons. The van der Waals surface area contributed by atoms with E-state index >= 15 is 0 Å². The lowest BCUT2D eigenvalue weighted by atomic mass is 10.1. The van der Waals surface area contributed by atoms with Crippen molar-refractivity contribution in [1.29, 1.82) is 0 Å². The van der Waals surface area contributed by atoms with Gasteiger partial charge in [-0.25, -0.2) is 4.68 Å². The first kappa shape index (κ1) is 14.6. The van der Waals surface area contributed by atoms with Crippen molar-refractivity contribution >= 4 is 5.91 Å². The number of likely N-dealkylation sites (tertiary alicyclic amines) is 1. The van der Waals surface area contributed by atoms with Crippen LogP contribution in [0.3, 0.4) is 0 Å². The zero-order chi connectivity index (χ0) is 16.5. The van der Waals surface area contributed by atoms with Crippen LogP contribution < -0.4 is 0 Å². The van der Waals surface area contributed by atoms with Crippen LogP contribution in [0.25, 0.3) is 5.69 Å². The lowest BCUT2D eigenvalue weighted by molar-refractivity contribution is 0.0731. The van der Waals surface area contributed by atoms with Gasteiger partial charge in [-0.2, -0.15) is 0 Å². The van der Waals surface area contributed by atoms with Crippen LogP contribution in [-0.4, -0.2) is 37.5 Å². The van der Waals surface area contributed by atoms with Gasteiger partial charge in [-0.1, -0.05) is 16.4 Å². The van der Waals surface area contributed by atoms with E-state index in [1.807, 2.05) is 42.2 Å². The van der Waals surface area contributed by atoms with Crippen LogP contribution in [-0.2, 0) is 0 Å². The van der Waals surface area contributed by atoms with E-state index < -0.39 is 0 Å². The van der Waals surface area contributed by atoms with Gasteiger partial charge in [-0.3, -0.25) is 4.79 Å². The molecule has 1 aromatic carbocycles. The molecule has 0 bridgehead atoms. The maximum atomic E-state index is 13.0. The molecular formula is C17H17N5O2. The Balaban J connectivity index is 1.62. The summed E-state index contributed by atoms with van der Waals surface area (Å²) in [6.07, 6.45) is 5.23. The summed E-state index contributed by atoms with van der Waals surface area (Å²) in [7, 11) is 0. The third-order valence-corrected chi connectivity index (χ3v) is 4.28.